The SMILES string of the molecule is CCNC(Cc1ccc(F)cc1C)C(OC)OC. The van der Waals surface area contributed by atoms with E-state index in [1.165, 1.54) is 6.07 Å². The first-order valence-corrected chi connectivity index (χ1v) is 6.16. The topological polar surface area (TPSA) is 30.5 Å². The maximum Gasteiger partial charge on any atom is 0.172 e. The van der Waals surface area contributed by atoms with Gasteiger partial charge in [-0.15, -0.1) is 0 Å². The van der Waals surface area contributed by atoms with Crippen molar-refractivity contribution in [3.63, 3.8) is 0 Å². The number of hydrogen-bond acceptors (Lipinski definition) is 3. The maximum absolute atomic E-state index is 13.1. The average Bonchev–Trinajstić information content (AvgIpc) is 2.34. The molecule has 0 aromatic heterocycles. The van der Waals surface area contributed by atoms with Gasteiger partial charge in [0.1, 0.15) is 5.82 Å². The Morgan fingerprint density at radius 2 is 1.94 bits per heavy atom. The van der Waals surface area contributed by atoms with Crippen LogP contribution in [0.1, 0.15) is 18.1 Å². The van der Waals surface area contributed by atoms with Gasteiger partial charge in [0, 0.05) is 14.2 Å². The number of methoxy groups -OCH3 is 2. The molecular weight excluding hydrogens is 233 g/mol. The summed E-state index contributed by atoms with van der Waals surface area (Å²) in [4.78, 5) is 0. The molecule has 0 saturated carbocycles. The molecular formula is C14H22FNO2. The van der Waals surface area contributed by atoms with Crippen molar-refractivity contribution in [2.75, 3.05) is 20.8 Å². The normalized spacial score (nSPS) is 13.0. The van der Waals surface area contributed by atoms with Crippen LogP contribution in [-0.2, 0) is 15.9 Å². The molecule has 0 radical (unpaired) electrons. The van der Waals surface area contributed by atoms with Crippen LogP contribution in [0.15, 0.2) is 18.2 Å². The van der Waals surface area contributed by atoms with E-state index in [1.54, 1.807) is 20.3 Å². The second kappa shape index (κ2) is 7.46. The molecule has 18 heavy (non-hydrogen) atoms. The van der Waals surface area contributed by atoms with E-state index in [0.717, 1.165) is 24.1 Å². The van der Waals surface area contributed by atoms with Crippen LogP contribution in [0.5, 0.6) is 0 Å². The van der Waals surface area contributed by atoms with Gasteiger partial charge >= 0.3 is 0 Å². The molecule has 1 aromatic carbocycles. The van der Waals surface area contributed by atoms with Gasteiger partial charge in [-0.3, -0.25) is 0 Å². The van der Waals surface area contributed by atoms with Gasteiger partial charge < -0.3 is 14.8 Å². The van der Waals surface area contributed by atoms with E-state index in [0.29, 0.717) is 0 Å². The summed E-state index contributed by atoms with van der Waals surface area (Å²) in [5, 5.41) is 3.33. The van der Waals surface area contributed by atoms with Gasteiger partial charge in [0.25, 0.3) is 0 Å². The van der Waals surface area contributed by atoms with E-state index in [-0.39, 0.29) is 18.1 Å². The fraction of sp³-hybridized carbons (Fsp3) is 0.571. The van der Waals surface area contributed by atoms with Crippen LogP contribution < -0.4 is 5.32 Å². The van der Waals surface area contributed by atoms with Crippen LogP contribution in [0.2, 0.25) is 0 Å². The third kappa shape index (κ3) is 4.05. The lowest BCUT2D eigenvalue weighted by molar-refractivity contribution is -0.122. The number of hydrogen-bond donors (Lipinski definition) is 1. The van der Waals surface area contributed by atoms with Gasteiger partial charge in [0.2, 0.25) is 0 Å². The number of nitrogens with one attached hydrogen (secondary N) is 1. The van der Waals surface area contributed by atoms with Crippen molar-refractivity contribution in [3.8, 4) is 0 Å². The average molecular weight is 255 g/mol. The van der Waals surface area contributed by atoms with Crippen LogP contribution in [0.25, 0.3) is 0 Å². The molecule has 1 N–H and O–H groups in total. The van der Waals surface area contributed by atoms with Gasteiger partial charge in [0.15, 0.2) is 6.29 Å². The first kappa shape index (κ1) is 15.1. The molecule has 0 saturated heterocycles. The Morgan fingerprint density at radius 3 is 2.44 bits per heavy atom. The van der Waals surface area contributed by atoms with Crippen LogP contribution in [0.3, 0.4) is 0 Å². The van der Waals surface area contributed by atoms with Crippen molar-refractivity contribution in [2.24, 2.45) is 0 Å². The van der Waals surface area contributed by atoms with Crippen LogP contribution in [-0.4, -0.2) is 33.1 Å². The Bertz CT molecular complexity index is 367. The van der Waals surface area contributed by atoms with E-state index < -0.39 is 0 Å². The number of rotatable bonds is 7. The lowest BCUT2D eigenvalue weighted by Crippen LogP contribution is -2.43. The Morgan fingerprint density at radius 1 is 1.28 bits per heavy atom. The van der Waals surface area contributed by atoms with Gasteiger partial charge in [-0.05, 0) is 43.1 Å². The summed E-state index contributed by atoms with van der Waals surface area (Å²) >= 11 is 0. The molecule has 0 fully saturated rings. The van der Waals surface area contributed by atoms with Gasteiger partial charge in [0.05, 0.1) is 6.04 Å². The van der Waals surface area contributed by atoms with Crippen LogP contribution in [0.4, 0.5) is 4.39 Å². The second-order valence-electron chi connectivity index (χ2n) is 4.28. The first-order chi connectivity index (χ1) is 8.62. The molecule has 3 nitrogen and oxygen atoms in total. The molecule has 4 heteroatoms. The fourth-order valence-corrected chi connectivity index (χ4v) is 2.08. The molecule has 0 amide bonds. The fourth-order valence-electron chi connectivity index (χ4n) is 2.08. The molecule has 0 spiro atoms. The summed E-state index contributed by atoms with van der Waals surface area (Å²) in [5.41, 5.74) is 2.05. The summed E-state index contributed by atoms with van der Waals surface area (Å²) in [6, 6.07) is 4.90. The summed E-state index contributed by atoms with van der Waals surface area (Å²) in [6.07, 6.45) is 0.432. The van der Waals surface area contributed by atoms with Gasteiger partial charge in [-0.1, -0.05) is 13.0 Å². The first-order valence-electron chi connectivity index (χ1n) is 6.16. The third-order valence-corrected chi connectivity index (χ3v) is 3.00. The molecule has 1 unspecified atom stereocenters. The Balaban J connectivity index is 2.82. The van der Waals surface area contributed by atoms with E-state index in [9.17, 15) is 4.39 Å². The lowest BCUT2D eigenvalue weighted by Gasteiger charge is -2.26. The predicted octanol–water partition coefficient (Wildman–Crippen LogP) is 2.27. The number of ether oxygens (including phenoxy) is 2. The third-order valence-electron chi connectivity index (χ3n) is 3.00. The summed E-state index contributed by atoms with van der Waals surface area (Å²) in [5.74, 6) is -0.203. The van der Waals surface area contributed by atoms with Gasteiger partial charge in [-0.25, -0.2) is 4.39 Å². The van der Waals surface area contributed by atoms with E-state index in [2.05, 4.69) is 5.32 Å². The predicted molar refractivity (Wildman–Crippen MR) is 70.1 cm³/mol. The number of halogens is 1. The second-order valence-corrected chi connectivity index (χ2v) is 4.28. The van der Waals surface area contributed by atoms with E-state index in [1.807, 2.05) is 19.9 Å². The molecule has 1 aromatic rings. The lowest BCUT2D eigenvalue weighted by atomic mass is 10.0. The van der Waals surface area contributed by atoms with Gasteiger partial charge in [-0.2, -0.15) is 0 Å². The summed E-state index contributed by atoms with van der Waals surface area (Å²) in [6.45, 7) is 4.77. The summed E-state index contributed by atoms with van der Waals surface area (Å²) < 4.78 is 23.6. The van der Waals surface area contributed by atoms with Crippen molar-refractivity contribution >= 4 is 0 Å². The zero-order chi connectivity index (χ0) is 13.5. The molecule has 0 heterocycles. The molecule has 1 atom stereocenters. The largest absolute Gasteiger partial charge is 0.354 e. The highest BCUT2D eigenvalue weighted by molar-refractivity contribution is 5.27. The van der Waals surface area contributed by atoms with Crippen LogP contribution >= 0.6 is 0 Å². The zero-order valence-electron chi connectivity index (χ0n) is 11.5. The van der Waals surface area contributed by atoms with E-state index >= 15 is 0 Å². The molecule has 102 valence electrons. The van der Waals surface area contributed by atoms with Crippen molar-refractivity contribution in [2.45, 2.75) is 32.6 Å². The minimum Gasteiger partial charge on any atom is -0.354 e. The van der Waals surface area contributed by atoms with Crippen molar-refractivity contribution < 1.29 is 13.9 Å². The maximum atomic E-state index is 13.1. The highest BCUT2D eigenvalue weighted by atomic mass is 19.1. The van der Waals surface area contributed by atoms with E-state index in [4.69, 9.17) is 9.47 Å². The molecule has 0 aliphatic carbocycles. The molecule has 0 bridgehead atoms. The number of benzene rings is 1. The van der Waals surface area contributed by atoms with Crippen LogP contribution in [0, 0.1) is 12.7 Å². The smallest absolute Gasteiger partial charge is 0.172 e. The quantitative estimate of drug-likeness (QED) is 0.758. The standard InChI is InChI=1S/C14H22FNO2/c1-5-16-13(14(17-3)18-4)9-11-6-7-12(15)8-10(11)2/h6-8,13-14,16H,5,9H2,1-4H3. The van der Waals surface area contributed by atoms with Crippen molar-refractivity contribution in [1.29, 1.82) is 0 Å². The molecule has 0 aliphatic heterocycles. The highest BCUT2D eigenvalue weighted by Crippen LogP contribution is 2.14. The molecule has 0 aliphatic rings. The van der Waals surface area contributed by atoms with Crippen molar-refractivity contribution in [3.05, 3.63) is 35.1 Å². The minimum atomic E-state index is -0.311. The minimum absolute atomic E-state index is 0.0501. The Labute approximate surface area is 108 Å². The number of likely N-dealkylation sites (N-methyl/N-ethyl adjacent to an activating group) is 1. The van der Waals surface area contributed by atoms with Crippen molar-refractivity contribution in [1.82, 2.24) is 5.32 Å². The zero-order valence-corrected chi connectivity index (χ0v) is 11.5. The number of aryl methyl sites for hydroxylation is 1. The Kier molecular flexibility index (Phi) is 6.25. The monoisotopic (exact) mass is 255 g/mol. The summed E-state index contributed by atoms with van der Waals surface area (Å²) in [7, 11) is 3.24. The highest BCUT2D eigenvalue weighted by Gasteiger charge is 2.20. The Hall–Kier alpha value is -0.970. The molecule has 1 rings (SSSR count).